The Morgan fingerprint density at radius 1 is 1.32 bits per heavy atom. The Hall–Kier alpha value is -2.18. The lowest BCUT2D eigenvalue weighted by atomic mass is 10.1. The largest absolute Gasteiger partial charge is 0.386 e. The van der Waals surface area contributed by atoms with Gasteiger partial charge in [-0.2, -0.15) is 5.10 Å². The van der Waals surface area contributed by atoms with Gasteiger partial charge in [-0.05, 0) is 18.1 Å². The molecule has 0 saturated heterocycles. The van der Waals surface area contributed by atoms with Crippen LogP contribution in [0.3, 0.4) is 0 Å². The maximum absolute atomic E-state index is 12.2. The highest BCUT2D eigenvalue weighted by molar-refractivity contribution is 5.77. The van der Waals surface area contributed by atoms with Crippen LogP contribution in [0.5, 0.6) is 0 Å². The summed E-state index contributed by atoms with van der Waals surface area (Å²) in [6.45, 7) is 4.54. The number of aromatic nitrogens is 2. The second-order valence-corrected chi connectivity index (χ2v) is 6.36. The number of benzene rings is 1. The van der Waals surface area contributed by atoms with Crippen LogP contribution in [-0.2, 0) is 29.0 Å². The summed E-state index contributed by atoms with van der Waals surface area (Å²) in [4.78, 5) is 14.0. The van der Waals surface area contributed by atoms with Gasteiger partial charge in [0, 0.05) is 19.6 Å². The number of aliphatic hydroxyl groups is 1. The van der Waals surface area contributed by atoms with Gasteiger partial charge in [0.15, 0.2) is 0 Å². The van der Waals surface area contributed by atoms with Crippen LogP contribution in [0.25, 0.3) is 0 Å². The molecule has 1 N–H and O–H groups in total. The van der Waals surface area contributed by atoms with Crippen LogP contribution in [0.4, 0.5) is 0 Å². The summed E-state index contributed by atoms with van der Waals surface area (Å²) in [5, 5.41) is 15.0. The Labute approximate surface area is 148 Å². The molecular weight excluding hydrogens is 318 g/mol. The molecule has 1 amide bonds. The number of amides is 1. The molecule has 1 aliphatic rings. The number of nitrogens with zero attached hydrogens (tertiary/aromatic N) is 3. The molecule has 2 aromatic rings. The van der Waals surface area contributed by atoms with Crippen LogP contribution >= 0.6 is 0 Å². The van der Waals surface area contributed by atoms with Crippen molar-refractivity contribution >= 4 is 5.91 Å². The third-order valence-corrected chi connectivity index (χ3v) is 4.36. The number of ether oxygens (including phenoxy) is 1. The Morgan fingerprint density at radius 3 is 2.88 bits per heavy atom. The average Bonchev–Trinajstić information content (AvgIpc) is 3.06. The summed E-state index contributed by atoms with van der Waals surface area (Å²) in [6, 6.07) is 11.8. The van der Waals surface area contributed by atoms with Gasteiger partial charge in [0.1, 0.15) is 12.7 Å². The van der Waals surface area contributed by atoms with Gasteiger partial charge in [0.25, 0.3) is 0 Å². The summed E-state index contributed by atoms with van der Waals surface area (Å²) < 4.78 is 7.23. The SMILES string of the molecule is CCCOCC(=O)N1CCn2nc(C(O)Cc3ccccc3)cc2C1. The van der Waals surface area contributed by atoms with Crippen molar-refractivity contribution in [3.8, 4) is 0 Å². The van der Waals surface area contributed by atoms with E-state index >= 15 is 0 Å². The van der Waals surface area contributed by atoms with Crippen LogP contribution in [0.15, 0.2) is 36.4 Å². The van der Waals surface area contributed by atoms with Crippen molar-refractivity contribution in [2.24, 2.45) is 0 Å². The van der Waals surface area contributed by atoms with E-state index in [1.807, 2.05) is 48.0 Å². The van der Waals surface area contributed by atoms with Crippen molar-refractivity contribution in [2.75, 3.05) is 19.8 Å². The number of carbonyl (C=O) groups is 1. The molecule has 6 nitrogen and oxygen atoms in total. The van der Waals surface area contributed by atoms with E-state index < -0.39 is 6.10 Å². The maximum Gasteiger partial charge on any atom is 0.248 e. The second-order valence-electron chi connectivity index (χ2n) is 6.36. The Morgan fingerprint density at radius 2 is 2.12 bits per heavy atom. The zero-order valence-corrected chi connectivity index (χ0v) is 14.6. The minimum absolute atomic E-state index is 0.00674. The third-order valence-electron chi connectivity index (χ3n) is 4.36. The number of hydrogen-bond acceptors (Lipinski definition) is 4. The van der Waals surface area contributed by atoms with Crippen LogP contribution < -0.4 is 0 Å². The minimum Gasteiger partial charge on any atom is -0.386 e. The summed E-state index contributed by atoms with van der Waals surface area (Å²) in [7, 11) is 0. The molecule has 3 rings (SSSR count). The second kappa shape index (κ2) is 8.27. The van der Waals surface area contributed by atoms with Gasteiger partial charge in [-0.25, -0.2) is 0 Å². The zero-order chi connectivity index (χ0) is 17.6. The molecule has 1 aromatic heterocycles. The molecule has 1 aromatic carbocycles. The van der Waals surface area contributed by atoms with E-state index in [0.29, 0.717) is 38.4 Å². The number of rotatable bonds is 7. The van der Waals surface area contributed by atoms with Crippen LogP contribution in [-0.4, -0.2) is 45.5 Å². The lowest BCUT2D eigenvalue weighted by Crippen LogP contribution is -2.40. The van der Waals surface area contributed by atoms with E-state index in [0.717, 1.165) is 17.7 Å². The first kappa shape index (κ1) is 17.6. The highest BCUT2D eigenvalue weighted by Gasteiger charge is 2.24. The molecule has 0 saturated carbocycles. The molecular formula is C19H25N3O3. The first-order valence-corrected chi connectivity index (χ1v) is 8.81. The van der Waals surface area contributed by atoms with E-state index in [2.05, 4.69) is 5.10 Å². The van der Waals surface area contributed by atoms with Gasteiger partial charge < -0.3 is 14.7 Å². The van der Waals surface area contributed by atoms with Crippen molar-refractivity contribution in [1.29, 1.82) is 0 Å². The van der Waals surface area contributed by atoms with E-state index in [9.17, 15) is 9.90 Å². The molecule has 6 heteroatoms. The van der Waals surface area contributed by atoms with Crippen LogP contribution in [0.1, 0.15) is 36.4 Å². The van der Waals surface area contributed by atoms with Crippen molar-refractivity contribution in [1.82, 2.24) is 14.7 Å². The monoisotopic (exact) mass is 343 g/mol. The lowest BCUT2D eigenvalue weighted by Gasteiger charge is -2.27. The smallest absolute Gasteiger partial charge is 0.248 e. The fraction of sp³-hybridized carbons (Fsp3) is 0.474. The highest BCUT2D eigenvalue weighted by Crippen LogP contribution is 2.21. The van der Waals surface area contributed by atoms with Gasteiger partial charge in [-0.15, -0.1) is 0 Å². The molecule has 0 radical (unpaired) electrons. The predicted molar refractivity (Wildman–Crippen MR) is 93.9 cm³/mol. The topological polar surface area (TPSA) is 67.6 Å². The number of fused-ring (bicyclic) bond motifs is 1. The van der Waals surface area contributed by atoms with E-state index in [4.69, 9.17) is 4.74 Å². The van der Waals surface area contributed by atoms with Crippen molar-refractivity contribution < 1.29 is 14.6 Å². The molecule has 25 heavy (non-hydrogen) atoms. The number of aliphatic hydroxyl groups excluding tert-OH is 1. The Bertz CT molecular complexity index is 699. The fourth-order valence-corrected chi connectivity index (χ4v) is 3.00. The predicted octanol–water partition coefficient (Wildman–Crippen LogP) is 1.93. The molecule has 0 bridgehead atoms. The van der Waals surface area contributed by atoms with Gasteiger partial charge in [0.05, 0.1) is 24.5 Å². The summed E-state index contributed by atoms with van der Waals surface area (Å²) in [5.74, 6) is 0.00674. The minimum atomic E-state index is -0.641. The average molecular weight is 343 g/mol. The van der Waals surface area contributed by atoms with Crippen molar-refractivity contribution in [3.63, 3.8) is 0 Å². The van der Waals surface area contributed by atoms with Gasteiger partial charge in [-0.3, -0.25) is 9.48 Å². The van der Waals surface area contributed by atoms with Crippen LogP contribution in [0.2, 0.25) is 0 Å². The summed E-state index contributed by atoms with van der Waals surface area (Å²) in [6.07, 6.45) is 0.797. The third kappa shape index (κ3) is 4.46. The standard InChI is InChI=1S/C19H25N3O3/c1-2-10-25-14-19(24)21-8-9-22-16(13-21)12-17(20-22)18(23)11-15-6-4-3-5-7-15/h3-7,12,18,23H,2,8-11,13-14H2,1H3. The fourth-order valence-electron chi connectivity index (χ4n) is 3.00. The first-order valence-electron chi connectivity index (χ1n) is 8.81. The van der Waals surface area contributed by atoms with Crippen LogP contribution in [0, 0.1) is 0 Å². The Kier molecular flexibility index (Phi) is 5.83. The normalized spacial score (nSPS) is 15.0. The maximum atomic E-state index is 12.2. The van der Waals surface area contributed by atoms with Gasteiger partial charge in [-0.1, -0.05) is 37.3 Å². The molecule has 0 aliphatic carbocycles. The molecule has 2 heterocycles. The summed E-state index contributed by atoms with van der Waals surface area (Å²) >= 11 is 0. The number of hydrogen-bond donors (Lipinski definition) is 1. The van der Waals surface area contributed by atoms with E-state index in [1.165, 1.54) is 0 Å². The molecule has 134 valence electrons. The summed E-state index contributed by atoms with van der Waals surface area (Å²) in [5.41, 5.74) is 2.69. The van der Waals surface area contributed by atoms with Gasteiger partial charge in [0.2, 0.25) is 5.91 Å². The zero-order valence-electron chi connectivity index (χ0n) is 14.6. The number of carbonyl (C=O) groups excluding carboxylic acids is 1. The molecule has 1 unspecified atom stereocenters. The van der Waals surface area contributed by atoms with Crippen molar-refractivity contribution in [2.45, 2.75) is 39.0 Å². The molecule has 0 spiro atoms. The molecule has 1 atom stereocenters. The first-order chi connectivity index (χ1) is 12.2. The molecule has 0 fully saturated rings. The Balaban J connectivity index is 1.61. The van der Waals surface area contributed by atoms with E-state index in [1.54, 1.807) is 4.90 Å². The highest BCUT2D eigenvalue weighted by atomic mass is 16.5. The van der Waals surface area contributed by atoms with Crippen molar-refractivity contribution in [3.05, 3.63) is 53.3 Å². The van der Waals surface area contributed by atoms with E-state index in [-0.39, 0.29) is 12.5 Å². The quantitative estimate of drug-likeness (QED) is 0.780. The molecule has 1 aliphatic heterocycles. The lowest BCUT2D eigenvalue weighted by molar-refractivity contribution is -0.137. The van der Waals surface area contributed by atoms with Gasteiger partial charge >= 0.3 is 0 Å².